The van der Waals surface area contributed by atoms with E-state index in [4.69, 9.17) is 5.26 Å². The molecule has 0 aliphatic heterocycles. The second-order valence-corrected chi connectivity index (χ2v) is 3.39. The van der Waals surface area contributed by atoms with E-state index in [-0.39, 0.29) is 0 Å². The Kier molecular flexibility index (Phi) is 1.51. The maximum atomic E-state index is 8.98. The van der Waals surface area contributed by atoms with Crippen LogP contribution in [0, 0.1) is 11.3 Å². The first-order chi connectivity index (χ1) is 7.38. The van der Waals surface area contributed by atoms with Gasteiger partial charge in [0, 0.05) is 24.0 Å². The molecule has 15 heavy (non-hydrogen) atoms. The van der Waals surface area contributed by atoms with Crippen molar-refractivity contribution in [2.24, 2.45) is 0 Å². The molecule has 3 nitrogen and oxygen atoms in total. The quantitative estimate of drug-likeness (QED) is 0.550. The molecule has 0 fully saturated rings. The number of aromatic nitrogens is 2. The molecule has 70 valence electrons. The summed E-state index contributed by atoms with van der Waals surface area (Å²) < 4.78 is 1.92. The van der Waals surface area contributed by atoms with Crippen molar-refractivity contribution in [3.63, 3.8) is 0 Å². The summed E-state index contributed by atoms with van der Waals surface area (Å²) in [6.07, 6.45) is 5.57. The van der Waals surface area contributed by atoms with Gasteiger partial charge in [-0.3, -0.25) is 0 Å². The second kappa shape index (κ2) is 2.82. The van der Waals surface area contributed by atoms with Gasteiger partial charge in [-0.15, -0.1) is 0 Å². The minimum absolute atomic E-state index is 0.697. The predicted octanol–water partition coefficient (Wildman–Crippen LogP) is 2.36. The Balaban J connectivity index is 2.55. The maximum Gasteiger partial charge on any atom is 0.137 e. The molecule has 0 saturated heterocycles. The summed E-state index contributed by atoms with van der Waals surface area (Å²) in [7, 11) is 0. The predicted molar refractivity (Wildman–Crippen MR) is 57.4 cm³/mol. The topological polar surface area (TPSA) is 41.1 Å². The Bertz CT molecular complexity index is 689. The van der Waals surface area contributed by atoms with Crippen LogP contribution < -0.4 is 0 Å². The van der Waals surface area contributed by atoms with Crippen LogP contribution >= 0.6 is 0 Å². The zero-order valence-electron chi connectivity index (χ0n) is 7.88. The zero-order chi connectivity index (χ0) is 10.3. The van der Waals surface area contributed by atoms with E-state index in [2.05, 4.69) is 11.1 Å². The van der Waals surface area contributed by atoms with Crippen LogP contribution in [0.3, 0.4) is 0 Å². The molecule has 0 N–H and O–H groups in total. The van der Waals surface area contributed by atoms with Crippen LogP contribution in [-0.4, -0.2) is 9.38 Å². The van der Waals surface area contributed by atoms with Crippen molar-refractivity contribution >= 4 is 16.4 Å². The molecule has 0 aliphatic carbocycles. The molecule has 0 bridgehead atoms. The molecule has 0 radical (unpaired) electrons. The first kappa shape index (κ1) is 8.01. The lowest BCUT2D eigenvalue weighted by atomic mass is 10.1. The van der Waals surface area contributed by atoms with Crippen LogP contribution in [0.15, 0.2) is 42.9 Å². The third kappa shape index (κ3) is 1.09. The highest BCUT2D eigenvalue weighted by Crippen LogP contribution is 2.19. The number of benzene rings is 1. The smallest absolute Gasteiger partial charge is 0.137 e. The first-order valence-electron chi connectivity index (χ1n) is 4.64. The van der Waals surface area contributed by atoms with E-state index >= 15 is 0 Å². The molecule has 0 saturated carbocycles. The average molecular weight is 193 g/mol. The van der Waals surface area contributed by atoms with Gasteiger partial charge in [0.25, 0.3) is 0 Å². The van der Waals surface area contributed by atoms with Crippen LogP contribution in [0.5, 0.6) is 0 Å². The maximum absolute atomic E-state index is 8.98. The minimum atomic E-state index is 0.697. The Morgan fingerprint density at radius 2 is 2.27 bits per heavy atom. The molecule has 3 aromatic rings. The molecular formula is C12H7N3. The lowest BCUT2D eigenvalue weighted by Gasteiger charge is -2.01. The van der Waals surface area contributed by atoms with E-state index in [9.17, 15) is 0 Å². The van der Waals surface area contributed by atoms with Gasteiger partial charge in [0.2, 0.25) is 0 Å². The number of pyridine rings is 1. The highest BCUT2D eigenvalue weighted by molar-refractivity contribution is 5.89. The molecule has 1 aromatic carbocycles. The number of nitrogens with zero attached hydrogens (tertiary/aromatic N) is 3. The molecule has 2 heterocycles. The fourth-order valence-electron chi connectivity index (χ4n) is 1.77. The third-order valence-electron chi connectivity index (χ3n) is 2.51. The van der Waals surface area contributed by atoms with E-state index in [1.807, 2.05) is 41.1 Å². The van der Waals surface area contributed by atoms with Gasteiger partial charge in [-0.2, -0.15) is 5.26 Å². The minimum Gasteiger partial charge on any atom is -0.306 e. The van der Waals surface area contributed by atoms with Crippen molar-refractivity contribution in [2.45, 2.75) is 0 Å². The van der Waals surface area contributed by atoms with Crippen molar-refractivity contribution < 1.29 is 0 Å². The molecule has 0 unspecified atom stereocenters. The number of fused-ring (bicyclic) bond motifs is 2. The van der Waals surface area contributed by atoms with Crippen LogP contribution in [0.1, 0.15) is 5.56 Å². The summed E-state index contributed by atoms with van der Waals surface area (Å²) in [6.45, 7) is 0. The molecule has 3 heteroatoms. The largest absolute Gasteiger partial charge is 0.306 e. The molecular weight excluding hydrogens is 186 g/mol. The van der Waals surface area contributed by atoms with Gasteiger partial charge in [0.1, 0.15) is 5.65 Å². The summed E-state index contributed by atoms with van der Waals surface area (Å²) in [4.78, 5) is 4.20. The van der Waals surface area contributed by atoms with Gasteiger partial charge in [0.05, 0.1) is 11.6 Å². The number of hydrogen-bond donors (Lipinski definition) is 0. The van der Waals surface area contributed by atoms with Gasteiger partial charge >= 0.3 is 0 Å². The Hall–Kier alpha value is -2.34. The van der Waals surface area contributed by atoms with Gasteiger partial charge in [-0.1, -0.05) is 12.1 Å². The summed E-state index contributed by atoms with van der Waals surface area (Å²) in [6, 6.07) is 9.88. The van der Waals surface area contributed by atoms with E-state index < -0.39 is 0 Å². The van der Waals surface area contributed by atoms with Crippen molar-refractivity contribution in [1.82, 2.24) is 9.38 Å². The highest BCUT2D eigenvalue weighted by Gasteiger charge is 2.02. The Morgan fingerprint density at radius 3 is 3.13 bits per heavy atom. The Labute approximate surface area is 86.2 Å². The van der Waals surface area contributed by atoms with E-state index in [0.29, 0.717) is 5.56 Å². The molecule has 0 aliphatic rings. The van der Waals surface area contributed by atoms with Gasteiger partial charge in [0.15, 0.2) is 0 Å². The summed E-state index contributed by atoms with van der Waals surface area (Å²) in [5.41, 5.74) is 1.60. The normalized spacial score (nSPS) is 10.6. The van der Waals surface area contributed by atoms with Gasteiger partial charge < -0.3 is 4.40 Å². The molecule has 0 spiro atoms. The molecule has 0 amide bonds. The lowest BCUT2D eigenvalue weighted by Crippen LogP contribution is -1.86. The number of nitriles is 1. The monoisotopic (exact) mass is 193 g/mol. The van der Waals surface area contributed by atoms with E-state index in [1.54, 1.807) is 6.20 Å². The summed E-state index contributed by atoms with van der Waals surface area (Å²) >= 11 is 0. The third-order valence-corrected chi connectivity index (χ3v) is 2.51. The van der Waals surface area contributed by atoms with E-state index in [0.717, 1.165) is 16.4 Å². The fourth-order valence-corrected chi connectivity index (χ4v) is 1.77. The summed E-state index contributed by atoms with van der Waals surface area (Å²) in [5.74, 6) is 0. The number of hydrogen-bond acceptors (Lipinski definition) is 2. The standard InChI is InChI=1S/C12H7N3/c13-7-10-3-1-2-9-6-12-14-4-5-15(12)8-11(9)10/h1-6,8H. The highest BCUT2D eigenvalue weighted by atomic mass is 15.0. The molecule has 0 atom stereocenters. The molecule has 3 rings (SSSR count). The van der Waals surface area contributed by atoms with Crippen molar-refractivity contribution in [1.29, 1.82) is 5.26 Å². The van der Waals surface area contributed by atoms with Crippen molar-refractivity contribution in [2.75, 3.05) is 0 Å². The van der Waals surface area contributed by atoms with Crippen molar-refractivity contribution in [3.8, 4) is 6.07 Å². The van der Waals surface area contributed by atoms with Crippen LogP contribution in [0.4, 0.5) is 0 Å². The second-order valence-electron chi connectivity index (χ2n) is 3.39. The Morgan fingerprint density at radius 1 is 1.33 bits per heavy atom. The fraction of sp³-hybridized carbons (Fsp3) is 0. The molecule has 2 aromatic heterocycles. The number of rotatable bonds is 0. The number of imidazole rings is 1. The average Bonchev–Trinajstić information content (AvgIpc) is 2.72. The SMILES string of the molecule is N#Cc1cccc2cc3nccn3cc12. The van der Waals surface area contributed by atoms with Gasteiger partial charge in [-0.25, -0.2) is 4.98 Å². The van der Waals surface area contributed by atoms with Gasteiger partial charge in [-0.05, 0) is 17.5 Å². The van der Waals surface area contributed by atoms with Crippen LogP contribution in [0.25, 0.3) is 16.4 Å². The van der Waals surface area contributed by atoms with Crippen LogP contribution in [-0.2, 0) is 0 Å². The van der Waals surface area contributed by atoms with E-state index in [1.165, 1.54) is 0 Å². The zero-order valence-corrected chi connectivity index (χ0v) is 7.88. The van der Waals surface area contributed by atoms with Crippen molar-refractivity contribution in [3.05, 3.63) is 48.4 Å². The lowest BCUT2D eigenvalue weighted by molar-refractivity contribution is 1.21. The van der Waals surface area contributed by atoms with Crippen LogP contribution in [0.2, 0.25) is 0 Å². The summed E-state index contributed by atoms with van der Waals surface area (Å²) in [5, 5.41) is 11.0. The first-order valence-corrected chi connectivity index (χ1v) is 4.64.